The first-order valence-electron chi connectivity index (χ1n) is 7.69. The van der Waals surface area contributed by atoms with E-state index < -0.39 is 5.60 Å². The Kier molecular flexibility index (Phi) is 3.17. The molecule has 0 amide bonds. The Balaban J connectivity index is 1.89. The molecule has 2 heteroatoms. The molecule has 0 bridgehead atoms. The zero-order valence-corrected chi connectivity index (χ0v) is 12.7. The second-order valence-corrected chi connectivity index (χ2v) is 7.42. The molecule has 2 aromatic rings. The van der Waals surface area contributed by atoms with Crippen molar-refractivity contribution in [3.05, 3.63) is 36.0 Å². The van der Waals surface area contributed by atoms with E-state index in [2.05, 4.69) is 44.0 Å². The molecule has 2 nitrogen and oxygen atoms in total. The van der Waals surface area contributed by atoms with Gasteiger partial charge in [0.1, 0.15) is 0 Å². The highest BCUT2D eigenvalue weighted by Crippen LogP contribution is 2.46. The summed E-state index contributed by atoms with van der Waals surface area (Å²) in [6.07, 6.45) is 5.93. The van der Waals surface area contributed by atoms with Gasteiger partial charge in [0, 0.05) is 17.1 Å². The van der Waals surface area contributed by atoms with Crippen molar-refractivity contribution < 1.29 is 5.11 Å². The van der Waals surface area contributed by atoms with Gasteiger partial charge in [-0.1, -0.05) is 32.9 Å². The molecular weight excluding hydrogens is 246 g/mol. The van der Waals surface area contributed by atoms with Crippen LogP contribution >= 0.6 is 0 Å². The van der Waals surface area contributed by atoms with E-state index in [9.17, 15) is 5.11 Å². The van der Waals surface area contributed by atoms with Gasteiger partial charge in [-0.05, 0) is 54.7 Å². The molecule has 3 rings (SSSR count). The first kappa shape index (κ1) is 13.7. The molecule has 1 aliphatic rings. The zero-order chi connectivity index (χ0) is 14.4. The molecule has 0 aliphatic heterocycles. The summed E-state index contributed by atoms with van der Waals surface area (Å²) < 4.78 is 0. The molecule has 0 atom stereocenters. The fourth-order valence-electron chi connectivity index (χ4n) is 3.72. The lowest BCUT2D eigenvalue weighted by molar-refractivity contribution is -0.0286. The minimum absolute atomic E-state index is 0.349. The number of hydrogen-bond acceptors (Lipinski definition) is 1. The highest BCUT2D eigenvalue weighted by molar-refractivity contribution is 5.83. The zero-order valence-electron chi connectivity index (χ0n) is 12.7. The Morgan fingerprint density at radius 2 is 1.85 bits per heavy atom. The normalized spacial score (nSPS) is 27.9. The number of rotatable bonds is 1. The molecule has 1 aromatic heterocycles. The van der Waals surface area contributed by atoms with Gasteiger partial charge in [-0.3, -0.25) is 0 Å². The summed E-state index contributed by atoms with van der Waals surface area (Å²) in [5, 5.41) is 12.3. The van der Waals surface area contributed by atoms with Crippen LogP contribution < -0.4 is 0 Å². The maximum atomic E-state index is 11.1. The second kappa shape index (κ2) is 4.63. The van der Waals surface area contributed by atoms with Crippen LogP contribution in [-0.4, -0.2) is 10.1 Å². The topological polar surface area (TPSA) is 36.0 Å². The van der Waals surface area contributed by atoms with E-state index in [1.165, 1.54) is 5.39 Å². The maximum absolute atomic E-state index is 11.1. The molecule has 1 aliphatic carbocycles. The third-order valence-corrected chi connectivity index (χ3v) is 5.13. The lowest BCUT2D eigenvalue weighted by Gasteiger charge is -2.41. The van der Waals surface area contributed by atoms with Crippen molar-refractivity contribution in [3.63, 3.8) is 0 Å². The van der Waals surface area contributed by atoms with E-state index in [4.69, 9.17) is 0 Å². The largest absolute Gasteiger partial charge is 0.385 e. The summed E-state index contributed by atoms with van der Waals surface area (Å²) in [6.45, 7) is 6.94. The number of aliphatic hydroxyl groups is 1. The molecule has 0 spiro atoms. The van der Waals surface area contributed by atoms with E-state index >= 15 is 0 Å². The van der Waals surface area contributed by atoms with Gasteiger partial charge >= 0.3 is 0 Å². The number of nitrogens with one attached hydrogen (secondary N) is 1. The minimum Gasteiger partial charge on any atom is -0.385 e. The molecule has 1 saturated carbocycles. The van der Waals surface area contributed by atoms with Crippen LogP contribution in [0.15, 0.2) is 30.5 Å². The Bertz CT molecular complexity index is 597. The quantitative estimate of drug-likeness (QED) is 0.781. The summed E-state index contributed by atoms with van der Waals surface area (Å²) >= 11 is 0. The summed E-state index contributed by atoms with van der Waals surface area (Å²) in [7, 11) is 0. The van der Waals surface area contributed by atoms with Crippen molar-refractivity contribution in [3.8, 4) is 0 Å². The number of aromatic nitrogens is 1. The second-order valence-electron chi connectivity index (χ2n) is 7.42. The summed E-state index contributed by atoms with van der Waals surface area (Å²) in [5.41, 5.74) is 1.92. The molecule has 1 heterocycles. The summed E-state index contributed by atoms with van der Waals surface area (Å²) in [6, 6.07) is 8.29. The van der Waals surface area contributed by atoms with Crippen molar-refractivity contribution in [2.75, 3.05) is 0 Å². The summed E-state index contributed by atoms with van der Waals surface area (Å²) in [4.78, 5) is 3.24. The molecule has 1 aromatic carbocycles. The fourth-order valence-corrected chi connectivity index (χ4v) is 3.72. The van der Waals surface area contributed by atoms with Crippen LogP contribution in [0.2, 0.25) is 0 Å². The molecular formula is C18H25NO. The van der Waals surface area contributed by atoms with Gasteiger partial charge in [0.2, 0.25) is 0 Å². The van der Waals surface area contributed by atoms with Crippen LogP contribution in [-0.2, 0) is 5.60 Å². The third-order valence-electron chi connectivity index (χ3n) is 5.13. The van der Waals surface area contributed by atoms with Crippen LogP contribution in [0.25, 0.3) is 10.9 Å². The molecule has 1 fully saturated rings. The van der Waals surface area contributed by atoms with E-state index in [0.717, 1.165) is 36.8 Å². The van der Waals surface area contributed by atoms with Gasteiger partial charge in [0.25, 0.3) is 0 Å². The fraction of sp³-hybridized carbons (Fsp3) is 0.556. The average molecular weight is 271 g/mol. The van der Waals surface area contributed by atoms with Gasteiger partial charge in [0.15, 0.2) is 0 Å². The van der Waals surface area contributed by atoms with Crippen molar-refractivity contribution in [2.24, 2.45) is 11.3 Å². The number of fused-ring (bicyclic) bond motifs is 1. The lowest BCUT2D eigenvalue weighted by Crippen LogP contribution is -2.35. The van der Waals surface area contributed by atoms with Gasteiger partial charge in [-0.2, -0.15) is 0 Å². The predicted molar refractivity (Wildman–Crippen MR) is 83.6 cm³/mol. The Hall–Kier alpha value is -1.28. The highest BCUT2D eigenvalue weighted by atomic mass is 16.3. The average Bonchev–Trinajstić information content (AvgIpc) is 2.86. The molecule has 108 valence electrons. The van der Waals surface area contributed by atoms with E-state index in [1.807, 2.05) is 12.3 Å². The smallest absolute Gasteiger partial charge is 0.0903 e. The van der Waals surface area contributed by atoms with E-state index in [1.54, 1.807) is 0 Å². The number of aromatic amines is 1. The van der Waals surface area contributed by atoms with Crippen LogP contribution in [0.3, 0.4) is 0 Å². The number of hydrogen-bond donors (Lipinski definition) is 2. The molecule has 0 saturated heterocycles. The summed E-state index contributed by atoms with van der Waals surface area (Å²) in [5.74, 6) is 0.716. The molecule has 0 radical (unpaired) electrons. The SMILES string of the molecule is CC(C)(C)C1CCC(O)(c2cccc3[nH]ccc23)CC1. The van der Waals surface area contributed by atoms with Crippen LogP contribution in [0, 0.1) is 11.3 Å². The first-order valence-corrected chi connectivity index (χ1v) is 7.69. The van der Waals surface area contributed by atoms with Crippen molar-refractivity contribution in [2.45, 2.75) is 52.1 Å². The van der Waals surface area contributed by atoms with Crippen LogP contribution in [0.4, 0.5) is 0 Å². The predicted octanol–water partition coefficient (Wildman–Crippen LogP) is 4.59. The van der Waals surface area contributed by atoms with Crippen LogP contribution in [0.5, 0.6) is 0 Å². The van der Waals surface area contributed by atoms with Crippen LogP contribution in [0.1, 0.15) is 52.0 Å². The Morgan fingerprint density at radius 1 is 1.15 bits per heavy atom. The Labute approximate surface area is 121 Å². The van der Waals surface area contributed by atoms with Gasteiger partial charge in [-0.15, -0.1) is 0 Å². The van der Waals surface area contributed by atoms with Gasteiger partial charge < -0.3 is 10.1 Å². The minimum atomic E-state index is -0.649. The standard InChI is InChI=1S/C18H25NO/c1-17(2,3)13-7-10-18(20,11-8-13)15-5-4-6-16-14(15)9-12-19-16/h4-6,9,12-13,19-20H,7-8,10-11H2,1-3H3. The van der Waals surface area contributed by atoms with Gasteiger partial charge in [-0.25, -0.2) is 0 Å². The number of benzene rings is 1. The molecule has 20 heavy (non-hydrogen) atoms. The maximum Gasteiger partial charge on any atom is 0.0903 e. The third kappa shape index (κ3) is 2.26. The molecule has 0 unspecified atom stereocenters. The number of H-pyrrole nitrogens is 1. The first-order chi connectivity index (χ1) is 9.40. The monoisotopic (exact) mass is 271 g/mol. The Morgan fingerprint density at radius 3 is 2.50 bits per heavy atom. The van der Waals surface area contributed by atoms with Gasteiger partial charge in [0.05, 0.1) is 5.60 Å². The lowest BCUT2D eigenvalue weighted by atomic mass is 9.66. The molecule has 2 N–H and O–H groups in total. The highest BCUT2D eigenvalue weighted by Gasteiger charge is 2.39. The van der Waals surface area contributed by atoms with Crippen molar-refractivity contribution in [1.29, 1.82) is 0 Å². The van der Waals surface area contributed by atoms with E-state index in [0.29, 0.717) is 11.3 Å². The van der Waals surface area contributed by atoms with E-state index in [-0.39, 0.29) is 0 Å². The van der Waals surface area contributed by atoms with Crippen molar-refractivity contribution >= 4 is 10.9 Å². The van der Waals surface area contributed by atoms with Crippen molar-refractivity contribution in [1.82, 2.24) is 4.98 Å².